The van der Waals surface area contributed by atoms with E-state index < -0.39 is 10.5 Å². The first-order chi connectivity index (χ1) is 10.3. The summed E-state index contributed by atoms with van der Waals surface area (Å²) >= 11 is 18.2. The third-order valence-electron chi connectivity index (χ3n) is 4.44. The summed E-state index contributed by atoms with van der Waals surface area (Å²) < 4.78 is 0. The van der Waals surface area contributed by atoms with Gasteiger partial charge in [-0.1, -0.05) is 29.8 Å². The zero-order valence-corrected chi connectivity index (χ0v) is 14.7. The van der Waals surface area contributed by atoms with Crippen LogP contribution in [0.2, 0.25) is 5.02 Å². The van der Waals surface area contributed by atoms with Crippen LogP contribution in [0.15, 0.2) is 24.3 Å². The van der Waals surface area contributed by atoms with Crippen molar-refractivity contribution in [3.8, 4) is 0 Å². The van der Waals surface area contributed by atoms with Gasteiger partial charge >= 0.3 is 0 Å². The van der Waals surface area contributed by atoms with Gasteiger partial charge in [-0.15, -0.1) is 11.6 Å². The molecule has 1 saturated heterocycles. The van der Waals surface area contributed by atoms with E-state index in [0.717, 1.165) is 18.4 Å². The number of hydrazine groups is 1. The van der Waals surface area contributed by atoms with E-state index >= 15 is 0 Å². The van der Waals surface area contributed by atoms with Crippen LogP contribution in [0.4, 0.5) is 0 Å². The van der Waals surface area contributed by atoms with Gasteiger partial charge in [0.1, 0.15) is 5.60 Å². The zero-order valence-electron chi connectivity index (χ0n) is 12.4. The number of nitrogens with one attached hydrogen (secondary N) is 1. The molecule has 2 fully saturated rings. The second-order valence-corrected chi connectivity index (χ2v) is 7.64. The molecule has 1 aliphatic heterocycles. The van der Waals surface area contributed by atoms with Gasteiger partial charge in [0, 0.05) is 18.5 Å². The SMILES string of the molecule is CN1CNN(CC(O)(Cc2ccccc2Cl)C2(Cl)CC2)C1=S. The second-order valence-electron chi connectivity index (χ2n) is 6.15. The third-order valence-corrected chi connectivity index (χ3v) is 6.07. The molecule has 0 radical (unpaired) electrons. The average molecular weight is 360 g/mol. The number of hydrogen-bond acceptors (Lipinski definition) is 3. The number of halogens is 2. The molecule has 1 heterocycles. The molecule has 4 nitrogen and oxygen atoms in total. The minimum atomic E-state index is -1.10. The Labute approximate surface area is 146 Å². The summed E-state index contributed by atoms with van der Waals surface area (Å²) in [6, 6.07) is 7.56. The molecule has 3 rings (SSSR count). The molecule has 22 heavy (non-hydrogen) atoms. The Morgan fingerprint density at radius 3 is 2.64 bits per heavy atom. The van der Waals surface area contributed by atoms with E-state index in [1.54, 1.807) is 5.01 Å². The lowest BCUT2D eigenvalue weighted by Crippen LogP contribution is -2.55. The number of hydrogen-bond donors (Lipinski definition) is 2. The molecule has 0 aromatic heterocycles. The van der Waals surface area contributed by atoms with Crippen molar-refractivity contribution >= 4 is 40.5 Å². The van der Waals surface area contributed by atoms with Gasteiger partial charge in [0.2, 0.25) is 0 Å². The Kier molecular flexibility index (Phi) is 4.29. The Bertz CT molecular complexity index is 596. The number of thiocarbonyl (C=S) groups is 1. The highest BCUT2D eigenvalue weighted by atomic mass is 35.5. The molecule has 1 atom stereocenters. The highest BCUT2D eigenvalue weighted by Crippen LogP contribution is 2.52. The zero-order chi connectivity index (χ0) is 16.0. The van der Waals surface area contributed by atoms with E-state index in [9.17, 15) is 5.11 Å². The molecule has 120 valence electrons. The van der Waals surface area contributed by atoms with Gasteiger partial charge in [0.25, 0.3) is 0 Å². The van der Waals surface area contributed by atoms with Crippen molar-refractivity contribution in [3.05, 3.63) is 34.9 Å². The molecule has 0 amide bonds. The fourth-order valence-corrected chi connectivity index (χ4v) is 3.42. The predicted octanol–water partition coefficient (Wildman–Crippen LogP) is 2.38. The highest BCUT2D eigenvalue weighted by molar-refractivity contribution is 7.80. The van der Waals surface area contributed by atoms with Crippen molar-refractivity contribution in [3.63, 3.8) is 0 Å². The number of benzene rings is 1. The molecule has 2 aliphatic rings. The van der Waals surface area contributed by atoms with Crippen LogP contribution in [0.5, 0.6) is 0 Å². The summed E-state index contributed by atoms with van der Waals surface area (Å²) in [5, 5.41) is 14.4. The maximum absolute atomic E-state index is 11.3. The van der Waals surface area contributed by atoms with Gasteiger partial charge in [-0.2, -0.15) is 0 Å². The van der Waals surface area contributed by atoms with Crippen molar-refractivity contribution in [2.75, 3.05) is 20.3 Å². The van der Waals surface area contributed by atoms with E-state index in [1.807, 2.05) is 36.2 Å². The van der Waals surface area contributed by atoms with Gasteiger partial charge in [0.05, 0.1) is 18.1 Å². The van der Waals surface area contributed by atoms with E-state index in [-0.39, 0.29) is 0 Å². The van der Waals surface area contributed by atoms with Crippen molar-refractivity contribution in [1.29, 1.82) is 0 Å². The van der Waals surface area contributed by atoms with E-state index in [0.29, 0.717) is 29.8 Å². The van der Waals surface area contributed by atoms with E-state index in [4.69, 9.17) is 35.4 Å². The first-order valence-electron chi connectivity index (χ1n) is 7.25. The van der Waals surface area contributed by atoms with Crippen molar-refractivity contribution in [2.45, 2.75) is 29.7 Å². The summed E-state index contributed by atoms with van der Waals surface area (Å²) in [6.45, 7) is 0.973. The third kappa shape index (κ3) is 2.93. The number of nitrogens with zero attached hydrogens (tertiary/aromatic N) is 2. The summed E-state index contributed by atoms with van der Waals surface area (Å²) in [4.78, 5) is 1.31. The van der Waals surface area contributed by atoms with Crippen molar-refractivity contribution in [1.82, 2.24) is 15.3 Å². The van der Waals surface area contributed by atoms with Crippen LogP contribution < -0.4 is 5.43 Å². The molecule has 1 unspecified atom stereocenters. The monoisotopic (exact) mass is 359 g/mol. The van der Waals surface area contributed by atoms with Gasteiger partial charge in [-0.05, 0) is 36.7 Å². The number of rotatable bonds is 5. The fourth-order valence-electron chi connectivity index (χ4n) is 2.81. The predicted molar refractivity (Wildman–Crippen MR) is 93.0 cm³/mol. The standard InChI is InChI=1S/C15H19Cl2N3OS/c1-19-10-18-20(13(19)22)9-15(21,14(17)6-7-14)8-11-4-2-3-5-12(11)16/h2-5,18,21H,6-10H2,1H3. The molecule has 7 heteroatoms. The van der Waals surface area contributed by atoms with Crippen LogP contribution in [-0.4, -0.2) is 50.9 Å². The summed E-state index contributed by atoms with van der Waals surface area (Å²) in [7, 11) is 1.91. The fraction of sp³-hybridized carbons (Fsp3) is 0.533. The lowest BCUT2D eigenvalue weighted by Gasteiger charge is -2.37. The van der Waals surface area contributed by atoms with Gasteiger partial charge < -0.3 is 10.0 Å². The maximum atomic E-state index is 11.3. The quantitative estimate of drug-likeness (QED) is 0.623. The van der Waals surface area contributed by atoms with Crippen LogP contribution in [-0.2, 0) is 6.42 Å². The van der Waals surface area contributed by atoms with Crippen LogP contribution >= 0.6 is 35.4 Å². The molecule has 1 saturated carbocycles. The smallest absolute Gasteiger partial charge is 0.187 e. The van der Waals surface area contributed by atoms with Gasteiger partial charge in [-0.25, -0.2) is 5.43 Å². The summed E-state index contributed by atoms with van der Waals surface area (Å²) in [5.74, 6) is 0. The minimum Gasteiger partial charge on any atom is -0.386 e. The summed E-state index contributed by atoms with van der Waals surface area (Å²) in [5.41, 5.74) is 2.98. The van der Waals surface area contributed by atoms with Crippen LogP contribution in [0.3, 0.4) is 0 Å². The average Bonchev–Trinajstić information content (AvgIpc) is 3.17. The van der Waals surface area contributed by atoms with E-state index in [1.165, 1.54) is 0 Å². The Balaban J connectivity index is 1.83. The number of β-amino-alcohol motifs (C(OH)–C–C–N with tert-alkyl or cyclic N) is 1. The molecule has 1 aromatic carbocycles. The summed E-state index contributed by atoms with van der Waals surface area (Å²) in [6.07, 6.45) is 2.00. The number of aliphatic hydroxyl groups is 1. The Morgan fingerprint density at radius 2 is 2.09 bits per heavy atom. The molecular formula is C15H19Cl2N3OS. The lowest BCUT2D eigenvalue weighted by molar-refractivity contribution is 0.00281. The molecule has 1 aromatic rings. The van der Waals surface area contributed by atoms with Crippen LogP contribution in [0.1, 0.15) is 18.4 Å². The second kappa shape index (κ2) is 5.80. The van der Waals surface area contributed by atoms with Gasteiger partial charge in [0.15, 0.2) is 5.11 Å². The highest BCUT2D eigenvalue weighted by Gasteiger charge is 2.58. The molecule has 0 spiro atoms. The Hall–Kier alpha value is -0.590. The molecule has 0 bridgehead atoms. The minimum absolute atomic E-state index is 0.338. The topological polar surface area (TPSA) is 38.7 Å². The normalized spacial score (nSPS) is 22.8. The van der Waals surface area contributed by atoms with Crippen LogP contribution in [0, 0.1) is 0 Å². The molecular weight excluding hydrogens is 341 g/mol. The maximum Gasteiger partial charge on any atom is 0.187 e. The number of alkyl halides is 1. The van der Waals surface area contributed by atoms with Gasteiger partial charge in [-0.3, -0.25) is 5.01 Å². The molecule has 2 N–H and O–H groups in total. The van der Waals surface area contributed by atoms with Crippen molar-refractivity contribution < 1.29 is 5.11 Å². The van der Waals surface area contributed by atoms with Crippen molar-refractivity contribution in [2.24, 2.45) is 0 Å². The Morgan fingerprint density at radius 1 is 1.41 bits per heavy atom. The lowest BCUT2D eigenvalue weighted by atomic mass is 9.88. The first-order valence-corrected chi connectivity index (χ1v) is 8.42. The largest absolute Gasteiger partial charge is 0.386 e. The van der Waals surface area contributed by atoms with Crippen LogP contribution in [0.25, 0.3) is 0 Å². The molecule has 1 aliphatic carbocycles. The van der Waals surface area contributed by atoms with E-state index in [2.05, 4.69) is 5.43 Å². The first kappa shape index (κ1) is 16.3.